The van der Waals surface area contributed by atoms with Gasteiger partial charge < -0.3 is 20.7 Å². The summed E-state index contributed by atoms with van der Waals surface area (Å²) in [6, 6.07) is 8.81. The van der Waals surface area contributed by atoms with Crippen LogP contribution >= 0.6 is 0 Å². The van der Waals surface area contributed by atoms with Gasteiger partial charge in [0.25, 0.3) is 0 Å². The van der Waals surface area contributed by atoms with E-state index in [4.69, 9.17) is 10.5 Å². The maximum absolute atomic E-state index is 5.79. The van der Waals surface area contributed by atoms with Gasteiger partial charge in [0.1, 0.15) is 0 Å². The Labute approximate surface area is 120 Å². The third-order valence-corrected chi connectivity index (χ3v) is 3.18. The summed E-state index contributed by atoms with van der Waals surface area (Å²) in [5.74, 6) is 0.497. The number of aliphatic imine (C=N–C) groups is 1. The van der Waals surface area contributed by atoms with Crippen LogP contribution in [0.25, 0.3) is 0 Å². The zero-order chi connectivity index (χ0) is 14.4. The van der Waals surface area contributed by atoms with Gasteiger partial charge in [-0.2, -0.15) is 0 Å². The van der Waals surface area contributed by atoms with E-state index in [-0.39, 0.29) is 0 Å². The Balaban J connectivity index is 1.91. The van der Waals surface area contributed by atoms with Gasteiger partial charge in [0.15, 0.2) is 5.96 Å². The van der Waals surface area contributed by atoms with E-state index in [9.17, 15) is 0 Å². The van der Waals surface area contributed by atoms with Crippen molar-refractivity contribution in [2.45, 2.75) is 26.4 Å². The molecular weight excluding hydrogens is 252 g/mol. The summed E-state index contributed by atoms with van der Waals surface area (Å²) in [6.07, 6.45) is 0. The number of morpholine rings is 1. The second-order valence-corrected chi connectivity index (χ2v) is 5.27. The molecule has 1 aromatic carbocycles. The van der Waals surface area contributed by atoms with Gasteiger partial charge in [-0.15, -0.1) is 0 Å². The molecule has 0 aromatic heterocycles. The van der Waals surface area contributed by atoms with E-state index in [0.29, 0.717) is 18.5 Å². The zero-order valence-corrected chi connectivity index (χ0v) is 12.3. The highest BCUT2D eigenvalue weighted by Gasteiger charge is 2.10. The van der Waals surface area contributed by atoms with E-state index in [2.05, 4.69) is 39.5 Å². The van der Waals surface area contributed by atoms with Crippen LogP contribution in [0.3, 0.4) is 0 Å². The van der Waals surface area contributed by atoms with E-state index in [1.54, 1.807) is 0 Å². The second kappa shape index (κ2) is 7.14. The van der Waals surface area contributed by atoms with Crippen LogP contribution in [0.1, 0.15) is 19.4 Å². The SMILES string of the molecule is CC(C)NC(N)=NCc1ccc(N2CCOCC2)cc1. The highest BCUT2D eigenvalue weighted by atomic mass is 16.5. The van der Waals surface area contributed by atoms with Crippen LogP contribution in [0.4, 0.5) is 5.69 Å². The summed E-state index contributed by atoms with van der Waals surface area (Å²) < 4.78 is 5.36. The monoisotopic (exact) mass is 276 g/mol. The first-order valence-electron chi connectivity index (χ1n) is 7.13. The molecule has 110 valence electrons. The fraction of sp³-hybridized carbons (Fsp3) is 0.533. The average Bonchev–Trinajstić information content (AvgIpc) is 2.46. The molecule has 20 heavy (non-hydrogen) atoms. The predicted molar refractivity (Wildman–Crippen MR) is 83.1 cm³/mol. The fourth-order valence-electron chi connectivity index (χ4n) is 2.15. The fourth-order valence-corrected chi connectivity index (χ4v) is 2.15. The standard InChI is InChI=1S/C15H24N4O/c1-12(2)18-15(16)17-11-13-3-5-14(6-4-13)19-7-9-20-10-8-19/h3-6,12H,7-11H2,1-2H3,(H3,16,17,18). The average molecular weight is 276 g/mol. The molecule has 1 fully saturated rings. The molecule has 0 atom stereocenters. The third-order valence-electron chi connectivity index (χ3n) is 3.18. The first kappa shape index (κ1) is 14.7. The number of nitrogens with zero attached hydrogens (tertiary/aromatic N) is 2. The van der Waals surface area contributed by atoms with Gasteiger partial charge in [0.2, 0.25) is 0 Å². The van der Waals surface area contributed by atoms with Crippen LogP contribution in [0.5, 0.6) is 0 Å². The number of ether oxygens (including phenoxy) is 1. The van der Waals surface area contributed by atoms with Crippen LogP contribution in [-0.2, 0) is 11.3 Å². The molecule has 0 spiro atoms. The molecular formula is C15H24N4O. The molecule has 1 aliphatic heterocycles. The number of guanidine groups is 1. The van der Waals surface area contributed by atoms with Crippen LogP contribution in [-0.4, -0.2) is 38.3 Å². The third kappa shape index (κ3) is 4.42. The van der Waals surface area contributed by atoms with Crippen LogP contribution in [0.15, 0.2) is 29.3 Å². The topological polar surface area (TPSA) is 62.9 Å². The molecule has 0 bridgehead atoms. The van der Waals surface area contributed by atoms with Crippen LogP contribution < -0.4 is 16.0 Å². The molecule has 0 amide bonds. The normalized spacial score (nSPS) is 16.6. The summed E-state index contributed by atoms with van der Waals surface area (Å²) in [7, 11) is 0. The van der Waals surface area contributed by atoms with E-state index in [1.807, 2.05) is 13.8 Å². The molecule has 1 saturated heterocycles. The zero-order valence-electron chi connectivity index (χ0n) is 12.3. The lowest BCUT2D eigenvalue weighted by molar-refractivity contribution is 0.122. The molecule has 0 aliphatic carbocycles. The number of hydrogen-bond donors (Lipinski definition) is 2. The van der Waals surface area contributed by atoms with Gasteiger partial charge in [-0.1, -0.05) is 12.1 Å². The Morgan fingerprint density at radius 2 is 1.95 bits per heavy atom. The van der Waals surface area contributed by atoms with Crippen molar-refractivity contribution in [1.82, 2.24) is 5.32 Å². The number of benzene rings is 1. The van der Waals surface area contributed by atoms with Crippen molar-refractivity contribution in [3.05, 3.63) is 29.8 Å². The molecule has 1 aliphatic rings. The molecule has 1 aromatic rings. The Hall–Kier alpha value is -1.75. The lowest BCUT2D eigenvalue weighted by Gasteiger charge is -2.28. The molecule has 3 N–H and O–H groups in total. The van der Waals surface area contributed by atoms with E-state index in [0.717, 1.165) is 31.9 Å². The summed E-state index contributed by atoms with van der Waals surface area (Å²) in [5.41, 5.74) is 8.19. The van der Waals surface area contributed by atoms with E-state index >= 15 is 0 Å². The minimum atomic E-state index is 0.308. The van der Waals surface area contributed by atoms with Crippen molar-refractivity contribution in [3.8, 4) is 0 Å². The molecule has 0 radical (unpaired) electrons. The van der Waals surface area contributed by atoms with Crippen molar-refractivity contribution in [3.63, 3.8) is 0 Å². The van der Waals surface area contributed by atoms with Gasteiger partial charge in [0.05, 0.1) is 19.8 Å². The molecule has 1 heterocycles. The van der Waals surface area contributed by atoms with Crippen molar-refractivity contribution in [2.75, 3.05) is 31.2 Å². The number of rotatable bonds is 4. The summed E-state index contributed by atoms with van der Waals surface area (Å²) >= 11 is 0. The Morgan fingerprint density at radius 3 is 2.55 bits per heavy atom. The molecule has 2 rings (SSSR count). The highest BCUT2D eigenvalue weighted by Crippen LogP contribution is 2.16. The largest absolute Gasteiger partial charge is 0.378 e. The summed E-state index contributed by atoms with van der Waals surface area (Å²) in [6.45, 7) is 8.23. The van der Waals surface area contributed by atoms with Gasteiger partial charge in [-0.25, -0.2) is 4.99 Å². The maximum atomic E-state index is 5.79. The molecule has 0 unspecified atom stereocenters. The first-order valence-corrected chi connectivity index (χ1v) is 7.13. The van der Waals surface area contributed by atoms with Crippen molar-refractivity contribution >= 4 is 11.6 Å². The van der Waals surface area contributed by atoms with Crippen LogP contribution in [0.2, 0.25) is 0 Å². The van der Waals surface area contributed by atoms with Crippen molar-refractivity contribution in [2.24, 2.45) is 10.7 Å². The predicted octanol–water partition coefficient (Wildman–Crippen LogP) is 1.34. The first-order chi connectivity index (χ1) is 9.65. The number of nitrogens with two attached hydrogens (primary N) is 1. The Bertz CT molecular complexity index is 436. The van der Waals surface area contributed by atoms with Gasteiger partial charge in [-0.05, 0) is 31.5 Å². The number of hydrogen-bond acceptors (Lipinski definition) is 3. The van der Waals surface area contributed by atoms with Gasteiger partial charge in [-0.3, -0.25) is 0 Å². The molecule has 5 nitrogen and oxygen atoms in total. The minimum Gasteiger partial charge on any atom is -0.378 e. The van der Waals surface area contributed by atoms with Gasteiger partial charge in [0, 0.05) is 24.8 Å². The maximum Gasteiger partial charge on any atom is 0.189 e. The lowest BCUT2D eigenvalue weighted by atomic mass is 10.2. The summed E-state index contributed by atoms with van der Waals surface area (Å²) in [5, 5.41) is 3.08. The molecule has 5 heteroatoms. The number of anilines is 1. The van der Waals surface area contributed by atoms with Crippen molar-refractivity contribution < 1.29 is 4.74 Å². The quantitative estimate of drug-likeness (QED) is 0.643. The lowest BCUT2D eigenvalue weighted by Crippen LogP contribution is -2.36. The van der Waals surface area contributed by atoms with Crippen molar-refractivity contribution in [1.29, 1.82) is 0 Å². The smallest absolute Gasteiger partial charge is 0.189 e. The summed E-state index contributed by atoms with van der Waals surface area (Å²) in [4.78, 5) is 6.66. The Morgan fingerprint density at radius 1 is 1.30 bits per heavy atom. The number of nitrogens with one attached hydrogen (secondary N) is 1. The Kier molecular flexibility index (Phi) is 5.24. The van der Waals surface area contributed by atoms with Gasteiger partial charge >= 0.3 is 0 Å². The highest BCUT2D eigenvalue weighted by molar-refractivity contribution is 5.78. The van der Waals surface area contributed by atoms with E-state index < -0.39 is 0 Å². The molecule has 0 saturated carbocycles. The second-order valence-electron chi connectivity index (χ2n) is 5.27. The minimum absolute atomic E-state index is 0.308. The van der Waals surface area contributed by atoms with E-state index in [1.165, 1.54) is 5.69 Å². The van der Waals surface area contributed by atoms with Crippen LogP contribution in [0, 0.1) is 0 Å².